The van der Waals surface area contributed by atoms with Crippen molar-refractivity contribution < 1.29 is 4.79 Å². The van der Waals surface area contributed by atoms with Gasteiger partial charge in [-0.1, -0.05) is 79.7 Å². The normalized spacial score (nSPS) is 11.8. The monoisotopic (exact) mass is 476 g/mol. The lowest BCUT2D eigenvalue weighted by atomic mass is 9.99. The molecule has 0 fully saturated rings. The number of thioether (sulfide) groups is 1. The highest BCUT2D eigenvalue weighted by Gasteiger charge is 2.17. The molecule has 1 atom stereocenters. The topological polar surface area (TPSA) is 59.8 Å². The Kier molecular flexibility index (Phi) is 7.47. The van der Waals surface area contributed by atoms with Crippen LogP contribution in [0.3, 0.4) is 0 Å². The van der Waals surface area contributed by atoms with Gasteiger partial charge in [0.25, 0.3) is 0 Å². The molecule has 33 heavy (non-hydrogen) atoms. The Labute approximate surface area is 203 Å². The lowest BCUT2D eigenvalue weighted by Crippen LogP contribution is -2.14. The first kappa shape index (κ1) is 23.1. The molecular weight excluding hydrogens is 452 g/mol. The number of amides is 1. The molecule has 5 nitrogen and oxygen atoms in total. The van der Waals surface area contributed by atoms with Crippen LogP contribution in [0.4, 0.5) is 5.69 Å². The second-order valence-corrected chi connectivity index (χ2v) is 9.13. The highest BCUT2D eigenvalue weighted by atomic mass is 35.5. The molecule has 1 amide bonds. The average molecular weight is 477 g/mol. The second kappa shape index (κ2) is 10.7. The van der Waals surface area contributed by atoms with Gasteiger partial charge < -0.3 is 5.32 Å². The predicted octanol–water partition coefficient (Wildman–Crippen LogP) is 6.83. The molecule has 168 valence electrons. The van der Waals surface area contributed by atoms with Crippen molar-refractivity contribution in [3.8, 4) is 17.1 Å². The van der Waals surface area contributed by atoms with Crippen LogP contribution in [0.15, 0.2) is 84.0 Å². The molecule has 1 N–H and O–H groups in total. The summed E-state index contributed by atoms with van der Waals surface area (Å²) in [5, 5.41) is 13.0. The summed E-state index contributed by atoms with van der Waals surface area (Å²) in [5.74, 6) is 1.30. The zero-order valence-electron chi connectivity index (χ0n) is 18.5. The number of rotatable bonds is 8. The highest BCUT2D eigenvalue weighted by molar-refractivity contribution is 7.99. The van der Waals surface area contributed by atoms with Crippen molar-refractivity contribution in [2.45, 2.75) is 31.3 Å². The molecule has 4 aromatic rings. The van der Waals surface area contributed by atoms with E-state index in [2.05, 4.69) is 41.5 Å². The van der Waals surface area contributed by atoms with Crippen LogP contribution in [-0.4, -0.2) is 26.4 Å². The summed E-state index contributed by atoms with van der Waals surface area (Å²) in [7, 11) is 0. The van der Waals surface area contributed by atoms with Crippen LogP contribution in [0.25, 0.3) is 17.1 Å². The van der Waals surface area contributed by atoms with E-state index in [-0.39, 0.29) is 11.7 Å². The van der Waals surface area contributed by atoms with Crippen molar-refractivity contribution in [3.05, 3.63) is 89.4 Å². The minimum atomic E-state index is -0.0943. The molecule has 1 aromatic heterocycles. The molecule has 0 unspecified atom stereocenters. The number of aromatic nitrogens is 3. The maximum absolute atomic E-state index is 12.6. The molecule has 0 saturated heterocycles. The van der Waals surface area contributed by atoms with Crippen molar-refractivity contribution >= 4 is 35.0 Å². The zero-order valence-corrected chi connectivity index (χ0v) is 20.1. The molecule has 0 aliphatic carbocycles. The molecule has 0 spiro atoms. The average Bonchev–Trinajstić information content (AvgIpc) is 3.27. The smallest absolute Gasteiger partial charge is 0.234 e. The van der Waals surface area contributed by atoms with Crippen LogP contribution < -0.4 is 5.32 Å². The first-order valence-electron chi connectivity index (χ1n) is 10.8. The van der Waals surface area contributed by atoms with Gasteiger partial charge in [-0.2, -0.15) is 0 Å². The Balaban J connectivity index is 1.52. The van der Waals surface area contributed by atoms with Gasteiger partial charge in [0.05, 0.1) is 5.75 Å². The zero-order chi connectivity index (χ0) is 23.2. The number of nitrogens with one attached hydrogen (secondary N) is 1. The number of nitrogens with zero attached hydrogens (tertiary/aromatic N) is 3. The third kappa shape index (κ3) is 5.64. The number of hydrogen-bond acceptors (Lipinski definition) is 4. The lowest BCUT2D eigenvalue weighted by molar-refractivity contribution is -0.113. The maximum atomic E-state index is 12.6. The van der Waals surface area contributed by atoms with E-state index in [4.69, 9.17) is 11.6 Å². The summed E-state index contributed by atoms with van der Waals surface area (Å²) in [6, 6.07) is 25.4. The van der Waals surface area contributed by atoms with E-state index >= 15 is 0 Å². The van der Waals surface area contributed by atoms with E-state index in [0.29, 0.717) is 21.9 Å². The summed E-state index contributed by atoms with van der Waals surface area (Å²) >= 11 is 7.54. The lowest BCUT2D eigenvalue weighted by Gasteiger charge is -2.11. The Morgan fingerprint density at radius 2 is 1.79 bits per heavy atom. The van der Waals surface area contributed by atoms with E-state index in [1.807, 2.05) is 71.3 Å². The molecule has 3 aromatic carbocycles. The van der Waals surface area contributed by atoms with Crippen molar-refractivity contribution in [2.75, 3.05) is 11.1 Å². The van der Waals surface area contributed by atoms with Crippen LogP contribution in [0.1, 0.15) is 31.7 Å². The third-order valence-electron chi connectivity index (χ3n) is 5.44. The van der Waals surface area contributed by atoms with Crippen LogP contribution in [0.5, 0.6) is 0 Å². The van der Waals surface area contributed by atoms with E-state index in [1.165, 1.54) is 17.3 Å². The van der Waals surface area contributed by atoms with Crippen molar-refractivity contribution in [3.63, 3.8) is 0 Å². The minimum absolute atomic E-state index is 0.0943. The van der Waals surface area contributed by atoms with Gasteiger partial charge in [-0.05, 0) is 54.3 Å². The Hall–Kier alpha value is -3.09. The van der Waals surface area contributed by atoms with Crippen LogP contribution in [0.2, 0.25) is 5.02 Å². The molecule has 7 heteroatoms. The molecular formula is C26H25ClN4OS. The molecule has 0 aliphatic rings. The summed E-state index contributed by atoms with van der Waals surface area (Å²) in [6.45, 7) is 4.37. The Morgan fingerprint density at radius 3 is 2.48 bits per heavy atom. The Bertz CT molecular complexity index is 1220. The van der Waals surface area contributed by atoms with Crippen molar-refractivity contribution in [1.29, 1.82) is 0 Å². The van der Waals surface area contributed by atoms with Gasteiger partial charge >= 0.3 is 0 Å². The number of carbonyl (C=O) groups is 1. The first-order valence-corrected chi connectivity index (χ1v) is 12.2. The number of anilines is 1. The van der Waals surface area contributed by atoms with Gasteiger partial charge in [0.15, 0.2) is 11.0 Å². The number of halogens is 1. The molecule has 1 heterocycles. The van der Waals surface area contributed by atoms with Crippen LogP contribution >= 0.6 is 23.4 Å². The van der Waals surface area contributed by atoms with E-state index < -0.39 is 0 Å². The third-order valence-corrected chi connectivity index (χ3v) is 6.60. The first-order chi connectivity index (χ1) is 16.0. The van der Waals surface area contributed by atoms with Gasteiger partial charge in [0, 0.05) is 22.0 Å². The fourth-order valence-electron chi connectivity index (χ4n) is 3.45. The summed E-state index contributed by atoms with van der Waals surface area (Å²) in [6.07, 6.45) is 1.08. The van der Waals surface area contributed by atoms with Gasteiger partial charge in [0.2, 0.25) is 5.91 Å². The quantitative estimate of drug-likeness (QED) is 0.283. The van der Waals surface area contributed by atoms with E-state index in [0.717, 1.165) is 23.4 Å². The maximum Gasteiger partial charge on any atom is 0.234 e. The minimum Gasteiger partial charge on any atom is -0.325 e. The van der Waals surface area contributed by atoms with Crippen LogP contribution in [0, 0.1) is 0 Å². The second-order valence-electron chi connectivity index (χ2n) is 7.76. The van der Waals surface area contributed by atoms with E-state index in [1.54, 1.807) is 0 Å². The molecule has 0 bridgehead atoms. The molecule has 0 saturated carbocycles. The number of hydrogen-bond donors (Lipinski definition) is 1. The highest BCUT2D eigenvalue weighted by Crippen LogP contribution is 2.29. The Morgan fingerprint density at radius 1 is 1.03 bits per heavy atom. The van der Waals surface area contributed by atoms with Gasteiger partial charge in [0.1, 0.15) is 0 Å². The molecule has 4 rings (SSSR count). The number of carbonyl (C=O) groups excluding carboxylic acids is 1. The van der Waals surface area contributed by atoms with Gasteiger partial charge in [-0.25, -0.2) is 0 Å². The SMILES string of the molecule is CC[C@@H](C)c1ccc(NC(=O)CSc2nnc(-c3cccc(Cl)c3)n2-c2ccccc2)cc1. The van der Waals surface area contributed by atoms with Crippen molar-refractivity contribution in [1.82, 2.24) is 14.8 Å². The van der Waals surface area contributed by atoms with Gasteiger partial charge in [-0.3, -0.25) is 9.36 Å². The van der Waals surface area contributed by atoms with Crippen LogP contribution in [-0.2, 0) is 4.79 Å². The fourth-order valence-corrected chi connectivity index (χ4v) is 4.39. The summed E-state index contributed by atoms with van der Waals surface area (Å²) in [4.78, 5) is 12.6. The van der Waals surface area contributed by atoms with Gasteiger partial charge in [-0.15, -0.1) is 10.2 Å². The molecule has 0 aliphatic heterocycles. The number of benzene rings is 3. The summed E-state index contributed by atoms with van der Waals surface area (Å²) < 4.78 is 1.95. The standard InChI is InChI=1S/C26H25ClN4OS/c1-3-18(2)19-12-14-22(15-13-19)28-24(32)17-33-26-30-29-25(20-8-7-9-21(27)16-20)31(26)23-10-5-4-6-11-23/h4-16,18H,3,17H2,1-2H3,(H,28,32)/t18-/m1/s1. The van der Waals surface area contributed by atoms with Crippen molar-refractivity contribution in [2.24, 2.45) is 0 Å². The predicted molar refractivity (Wildman–Crippen MR) is 136 cm³/mol. The summed E-state index contributed by atoms with van der Waals surface area (Å²) in [5.41, 5.74) is 3.84. The fraction of sp³-hybridized carbons (Fsp3) is 0.192. The number of para-hydroxylation sites is 1. The largest absolute Gasteiger partial charge is 0.325 e. The van der Waals surface area contributed by atoms with E-state index in [9.17, 15) is 4.79 Å². The molecule has 0 radical (unpaired) electrons.